The fourth-order valence-electron chi connectivity index (χ4n) is 1.32. The summed E-state index contributed by atoms with van der Waals surface area (Å²) in [5.74, 6) is 0.600. The molecule has 0 amide bonds. The predicted molar refractivity (Wildman–Crippen MR) is 54.0 cm³/mol. The average Bonchev–Trinajstić information content (AvgIpc) is 2.11. The van der Waals surface area contributed by atoms with Gasteiger partial charge in [-0.1, -0.05) is 13.3 Å². The van der Waals surface area contributed by atoms with Gasteiger partial charge in [-0.15, -0.1) is 0 Å². The van der Waals surface area contributed by atoms with Gasteiger partial charge in [-0.25, -0.2) is 0 Å². The summed E-state index contributed by atoms with van der Waals surface area (Å²) in [5, 5.41) is 0. The van der Waals surface area contributed by atoms with Crippen LogP contribution in [0.4, 0.5) is 0 Å². The van der Waals surface area contributed by atoms with Crippen LogP contribution in [0.25, 0.3) is 0 Å². The van der Waals surface area contributed by atoms with E-state index >= 15 is 0 Å². The van der Waals surface area contributed by atoms with Crippen molar-refractivity contribution in [1.29, 1.82) is 0 Å². The molecule has 1 aliphatic carbocycles. The van der Waals surface area contributed by atoms with E-state index in [-0.39, 0.29) is 12.1 Å². The molecule has 0 N–H and O–H groups in total. The molecular weight excluding hydrogens is 180 g/mol. The molecule has 1 aliphatic rings. The molecule has 1 unspecified atom stereocenters. The van der Waals surface area contributed by atoms with Gasteiger partial charge in [0, 0.05) is 13.0 Å². The molecule has 14 heavy (non-hydrogen) atoms. The standard InChI is InChI=1S/C11H20O3/c1-3-11(12)14-7-9(2)13-8-10-5-4-6-10/h9-10H,3-8H2,1-2H3. The second-order valence-electron chi connectivity index (χ2n) is 3.98. The summed E-state index contributed by atoms with van der Waals surface area (Å²) in [7, 11) is 0. The van der Waals surface area contributed by atoms with Gasteiger partial charge in [0.05, 0.1) is 6.10 Å². The fraction of sp³-hybridized carbons (Fsp3) is 0.909. The molecule has 3 heteroatoms. The first kappa shape index (κ1) is 11.5. The fourth-order valence-corrected chi connectivity index (χ4v) is 1.32. The lowest BCUT2D eigenvalue weighted by Gasteiger charge is -2.26. The van der Waals surface area contributed by atoms with Crippen LogP contribution in [0.2, 0.25) is 0 Å². The third-order valence-corrected chi connectivity index (χ3v) is 2.61. The van der Waals surface area contributed by atoms with Crippen molar-refractivity contribution in [2.45, 2.75) is 45.6 Å². The molecule has 0 aromatic rings. The molecule has 1 saturated carbocycles. The van der Waals surface area contributed by atoms with Crippen LogP contribution >= 0.6 is 0 Å². The maximum absolute atomic E-state index is 10.8. The molecule has 1 fully saturated rings. The molecular formula is C11H20O3. The number of esters is 1. The topological polar surface area (TPSA) is 35.5 Å². The molecule has 1 rings (SSSR count). The Balaban J connectivity index is 1.97. The van der Waals surface area contributed by atoms with Crippen molar-refractivity contribution in [1.82, 2.24) is 0 Å². The molecule has 0 spiro atoms. The van der Waals surface area contributed by atoms with Crippen molar-refractivity contribution in [3.8, 4) is 0 Å². The Hall–Kier alpha value is -0.570. The Bertz CT molecular complexity index is 175. The van der Waals surface area contributed by atoms with E-state index in [2.05, 4.69) is 0 Å². The molecule has 0 aromatic heterocycles. The van der Waals surface area contributed by atoms with Gasteiger partial charge in [-0.2, -0.15) is 0 Å². The second kappa shape index (κ2) is 6.02. The van der Waals surface area contributed by atoms with E-state index in [1.807, 2.05) is 6.92 Å². The molecule has 0 saturated heterocycles. The number of hydrogen-bond donors (Lipinski definition) is 0. The number of rotatable bonds is 6. The quantitative estimate of drug-likeness (QED) is 0.616. The number of hydrogen-bond acceptors (Lipinski definition) is 3. The second-order valence-corrected chi connectivity index (χ2v) is 3.98. The minimum atomic E-state index is -0.149. The molecule has 0 aromatic carbocycles. The normalized spacial score (nSPS) is 18.7. The Labute approximate surface area is 85.8 Å². The van der Waals surface area contributed by atoms with Crippen LogP contribution in [0.3, 0.4) is 0 Å². The van der Waals surface area contributed by atoms with Crippen LogP contribution in [-0.4, -0.2) is 25.3 Å². The minimum absolute atomic E-state index is 0.0334. The summed E-state index contributed by atoms with van der Waals surface area (Å²) >= 11 is 0. The maximum atomic E-state index is 10.8. The van der Waals surface area contributed by atoms with Gasteiger partial charge in [-0.05, 0) is 25.7 Å². The van der Waals surface area contributed by atoms with Gasteiger partial charge in [0.25, 0.3) is 0 Å². The largest absolute Gasteiger partial charge is 0.463 e. The maximum Gasteiger partial charge on any atom is 0.305 e. The summed E-state index contributed by atoms with van der Waals surface area (Å²) in [6.07, 6.45) is 4.40. The average molecular weight is 200 g/mol. The third kappa shape index (κ3) is 4.09. The molecule has 3 nitrogen and oxygen atoms in total. The van der Waals surface area contributed by atoms with Crippen molar-refractivity contribution >= 4 is 5.97 Å². The van der Waals surface area contributed by atoms with Gasteiger partial charge in [0.15, 0.2) is 0 Å². The highest BCUT2D eigenvalue weighted by Crippen LogP contribution is 2.26. The molecule has 1 atom stereocenters. The molecule has 0 bridgehead atoms. The van der Waals surface area contributed by atoms with Crippen LogP contribution in [0.5, 0.6) is 0 Å². The highest BCUT2D eigenvalue weighted by Gasteiger charge is 2.18. The number of carbonyl (C=O) groups excluding carboxylic acids is 1. The summed E-state index contributed by atoms with van der Waals surface area (Å²) in [4.78, 5) is 10.8. The van der Waals surface area contributed by atoms with Gasteiger partial charge >= 0.3 is 5.97 Å². The monoisotopic (exact) mass is 200 g/mol. The van der Waals surface area contributed by atoms with Gasteiger partial charge in [0.1, 0.15) is 6.61 Å². The van der Waals surface area contributed by atoms with Crippen molar-refractivity contribution in [3.05, 3.63) is 0 Å². The van der Waals surface area contributed by atoms with Gasteiger partial charge < -0.3 is 9.47 Å². The van der Waals surface area contributed by atoms with Crippen molar-refractivity contribution in [2.24, 2.45) is 5.92 Å². The van der Waals surface area contributed by atoms with Crippen molar-refractivity contribution in [2.75, 3.05) is 13.2 Å². The Kier molecular flexibility index (Phi) is 4.94. The van der Waals surface area contributed by atoms with Crippen LogP contribution < -0.4 is 0 Å². The van der Waals surface area contributed by atoms with Crippen LogP contribution in [0.1, 0.15) is 39.5 Å². The molecule has 0 aliphatic heterocycles. The van der Waals surface area contributed by atoms with E-state index in [0.717, 1.165) is 12.5 Å². The zero-order valence-electron chi connectivity index (χ0n) is 9.12. The van der Waals surface area contributed by atoms with E-state index in [9.17, 15) is 4.79 Å². The zero-order chi connectivity index (χ0) is 10.4. The predicted octanol–water partition coefficient (Wildman–Crippen LogP) is 2.14. The van der Waals surface area contributed by atoms with E-state index in [4.69, 9.17) is 9.47 Å². The highest BCUT2D eigenvalue weighted by molar-refractivity contribution is 5.68. The first-order valence-corrected chi connectivity index (χ1v) is 5.49. The zero-order valence-corrected chi connectivity index (χ0v) is 9.12. The van der Waals surface area contributed by atoms with Crippen LogP contribution in [-0.2, 0) is 14.3 Å². The minimum Gasteiger partial charge on any atom is -0.463 e. The summed E-state index contributed by atoms with van der Waals surface area (Å²) in [5.41, 5.74) is 0. The van der Waals surface area contributed by atoms with Crippen LogP contribution in [0, 0.1) is 5.92 Å². The Morgan fingerprint density at radius 1 is 1.50 bits per heavy atom. The lowest BCUT2D eigenvalue weighted by Crippen LogP contribution is -2.24. The third-order valence-electron chi connectivity index (χ3n) is 2.61. The van der Waals surface area contributed by atoms with E-state index in [0.29, 0.717) is 13.0 Å². The lowest BCUT2D eigenvalue weighted by molar-refractivity contribution is -0.147. The highest BCUT2D eigenvalue weighted by atomic mass is 16.6. The smallest absolute Gasteiger partial charge is 0.305 e. The molecule has 82 valence electrons. The summed E-state index contributed by atoms with van der Waals surface area (Å²) in [6.45, 7) is 4.95. The van der Waals surface area contributed by atoms with E-state index in [1.54, 1.807) is 6.92 Å². The first-order chi connectivity index (χ1) is 6.72. The number of carbonyl (C=O) groups is 1. The molecule has 0 heterocycles. The molecule has 0 radical (unpaired) electrons. The van der Waals surface area contributed by atoms with Crippen molar-refractivity contribution in [3.63, 3.8) is 0 Å². The number of ether oxygens (including phenoxy) is 2. The Morgan fingerprint density at radius 2 is 2.21 bits per heavy atom. The van der Waals surface area contributed by atoms with Crippen molar-refractivity contribution < 1.29 is 14.3 Å². The summed E-state index contributed by atoms with van der Waals surface area (Å²) in [6, 6.07) is 0. The summed E-state index contributed by atoms with van der Waals surface area (Å²) < 4.78 is 10.5. The SMILES string of the molecule is CCC(=O)OCC(C)OCC1CCC1. The van der Waals surface area contributed by atoms with E-state index < -0.39 is 0 Å². The Morgan fingerprint density at radius 3 is 2.71 bits per heavy atom. The van der Waals surface area contributed by atoms with Gasteiger partial charge in [0.2, 0.25) is 0 Å². The van der Waals surface area contributed by atoms with Gasteiger partial charge in [-0.3, -0.25) is 4.79 Å². The van der Waals surface area contributed by atoms with Crippen LogP contribution in [0.15, 0.2) is 0 Å². The lowest BCUT2D eigenvalue weighted by atomic mass is 9.86. The van der Waals surface area contributed by atoms with E-state index in [1.165, 1.54) is 19.3 Å². The first-order valence-electron chi connectivity index (χ1n) is 5.49.